The van der Waals surface area contributed by atoms with E-state index >= 15 is 0 Å². The summed E-state index contributed by atoms with van der Waals surface area (Å²) < 4.78 is 34.6. The van der Waals surface area contributed by atoms with Gasteiger partial charge in [-0.2, -0.15) is 0 Å². The molecule has 0 aromatic heterocycles. The molecule has 7 aliphatic rings. The van der Waals surface area contributed by atoms with Crippen molar-refractivity contribution in [3.63, 3.8) is 0 Å². The van der Waals surface area contributed by atoms with E-state index in [9.17, 15) is 115 Å². The van der Waals surface area contributed by atoms with E-state index in [1.807, 2.05) is 0 Å². The average Bonchev–Trinajstić information content (AvgIpc) is 1.65. The van der Waals surface area contributed by atoms with Gasteiger partial charge in [-0.15, -0.1) is 0 Å². The first-order chi connectivity index (χ1) is 47.7. The lowest BCUT2D eigenvalue weighted by molar-refractivity contribution is -0.298. The summed E-state index contributed by atoms with van der Waals surface area (Å²) in [6.07, 6.45) is -22.0. The number of fused-ring (bicyclic) bond motifs is 5. The number of amides is 3. The van der Waals surface area contributed by atoms with E-state index in [2.05, 4.69) is 36.7 Å². The van der Waals surface area contributed by atoms with E-state index in [1.165, 1.54) is 9.80 Å². The maximum Gasteiger partial charge on any atom is 0.304 e. The third-order valence-corrected chi connectivity index (χ3v) is 22.7. The lowest BCUT2D eigenvalue weighted by Crippen LogP contribution is -2.62. The Morgan fingerprint density at radius 1 is 0.455 bits per heavy atom. The summed E-state index contributed by atoms with van der Waals surface area (Å²) in [4.78, 5) is 89.6. The number of carboxylic acids is 4. The Morgan fingerprint density at radius 2 is 0.822 bits per heavy atom. The molecule has 35 nitrogen and oxygen atoms in total. The summed E-state index contributed by atoms with van der Waals surface area (Å²) in [6, 6.07) is 0. The Labute approximate surface area is 586 Å². The van der Waals surface area contributed by atoms with Crippen LogP contribution in [-0.2, 0) is 62.0 Å². The van der Waals surface area contributed by atoms with Gasteiger partial charge in [0.05, 0.1) is 63.8 Å². The van der Waals surface area contributed by atoms with Gasteiger partial charge in [0.2, 0.25) is 17.7 Å². The second-order valence-corrected chi connectivity index (χ2v) is 29.2. The van der Waals surface area contributed by atoms with Gasteiger partial charge in [0.1, 0.15) is 73.2 Å². The molecule has 7 rings (SSSR count). The highest BCUT2D eigenvalue weighted by Gasteiger charge is 2.66. The Hall–Kier alpha value is -4.55. The van der Waals surface area contributed by atoms with Crippen LogP contribution in [0.2, 0.25) is 0 Å². The molecular weight excluding hydrogens is 1340 g/mol. The van der Waals surface area contributed by atoms with Crippen LogP contribution in [0.4, 0.5) is 0 Å². The number of carboxylic acid groups (broad SMARTS) is 4. The molecule has 3 heterocycles. The highest BCUT2D eigenvalue weighted by Crippen LogP contribution is 2.68. The number of hydrogen-bond acceptors (Lipinski definition) is 28. The van der Waals surface area contributed by atoms with Crippen molar-refractivity contribution in [1.29, 1.82) is 0 Å². The normalized spacial score (nSPS) is 37.3. The molecule has 0 bridgehead atoms. The van der Waals surface area contributed by atoms with E-state index in [0.29, 0.717) is 25.7 Å². The minimum absolute atomic E-state index is 0.0366. The Bertz CT molecular complexity index is 2550. The highest BCUT2D eigenvalue weighted by molar-refractivity contribution is 5.77. The van der Waals surface area contributed by atoms with Crippen molar-refractivity contribution in [3.05, 3.63) is 0 Å². The summed E-state index contributed by atoms with van der Waals surface area (Å²) in [5, 5.41) is 177. The molecule has 0 radical (unpaired) electrons. The maximum absolute atomic E-state index is 13.4. The summed E-state index contributed by atoms with van der Waals surface area (Å²) >= 11 is 0. The van der Waals surface area contributed by atoms with Crippen LogP contribution in [0, 0.1) is 46.3 Å². The van der Waals surface area contributed by atoms with Gasteiger partial charge >= 0.3 is 23.9 Å². The first kappa shape index (κ1) is 83.7. The average molecular weight is 1450 g/mol. The van der Waals surface area contributed by atoms with Gasteiger partial charge in [-0.25, -0.2) is 0 Å². The Morgan fingerprint density at radius 3 is 1.20 bits per heavy atom. The molecule has 19 N–H and O–H groups in total. The quantitative estimate of drug-likeness (QED) is 0.0255. The standard InChI is InChI=1S/C66H112N6O29/c1-34(37-5-6-38-52-39(30-44(75)66(37,38)3)65(2)15-8-36(73)28-35(65)29-40(52)74)4-7-45(76)67-16-25-96-62-59(93)56(90)53(87)41(99-62)31-70(19-9-46(77)68-17-26-97-63-60(94)57(91)54(88)42(100-63)32-71(21-11-48(79)80)22-12-49(81)82)20-10-47(78)69-18-27-98-64-61(95)58(92)55(89)43(101-64)33-72(23-13-50(83)84)24-14-51(85)86/h34-44,52-64,73-75,87-95H,4-33H2,1-3H3,(H,67,76)(H,68,77)(H,69,78)(H,79,80)(H,81,82)(H,83,84)(H,85,86)/t34-,35+,36-,37-,38+,39+,40-,41-,42-,43-,44+,52+,53-,54-,55-,56+,57+,58+,59-,60-,61-,62-,63-,64-,65+,66-/m1/s1. The zero-order valence-electron chi connectivity index (χ0n) is 57.9. The predicted molar refractivity (Wildman–Crippen MR) is 347 cm³/mol. The van der Waals surface area contributed by atoms with Gasteiger partial charge in [-0.05, 0) is 97.7 Å². The Kier molecular flexibility index (Phi) is 32.0. The molecule has 3 amide bonds. The maximum atomic E-state index is 13.4. The van der Waals surface area contributed by atoms with Crippen LogP contribution in [0.5, 0.6) is 0 Å². The second kappa shape index (κ2) is 38.6. The number of aliphatic hydroxyl groups is 12. The number of ether oxygens (including phenoxy) is 6. The summed E-state index contributed by atoms with van der Waals surface area (Å²) in [6.45, 7) is 3.72. The molecule has 3 saturated heterocycles. The minimum Gasteiger partial charge on any atom is -0.481 e. The van der Waals surface area contributed by atoms with Gasteiger partial charge in [0, 0.05) is 97.8 Å². The molecule has 3 aliphatic heterocycles. The number of aliphatic carboxylic acids is 4. The van der Waals surface area contributed by atoms with E-state index in [-0.39, 0.29) is 196 Å². The monoisotopic (exact) mass is 1450 g/mol. The van der Waals surface area contributed by atoms with Crippen LogP contribution in [0.1, 0.15) is 117 Å². The van der Waals surface area contributed by atoms with Crippen LogP contribution < -0.4 is 16.0 Å². The smallest absolute Gasteiger partial charge is 0.304 e. The number of aliphatic hydroxyl groups excluding tert-OH is 12. The van der Waals surface area contributed by atoms with Crippen LogP contribution in [-0.4, -0.2) is 347 Å². The number of hydrogen-bond donors (Lipinski definition) is 19. The van der Waals surface area contributed by atoms with E-state index in [4.69, 9.17) is 28.4 Å². The molecule has 4 aliphatic carbocycles. The third-order valence-electron chi connectivity index (χ3n) is 22.7. The lowest BCUT2D eigenvalue weighted by atomic mass is 9.43. The molecule has 0 unspecified atom stereocenters. The first-order valence-corrected chi connectivity index (χ1v) is 35.6. The second-order valence-electron chi connectivity index (χ2n) is 29.2. The predicted octanol–water partition coefficient (Wildman–Crippen LogP) is -5.23. The van der Waals surface area contributed by atoms with Gasteiger partial charge in [-0.3, -0.25) is 48.3 Å². The van der Waals surface area contributed by atoms with Crippen molar-refractivity contribution in [3.8, 4) is 0 Å². The van der Waals surface area contributed by atoms with E-state index < -0.39 is 145 Å². The molecular formula is C66H112N6O29. The number of carbonyl (C=O) groups excluding carboxylic acids is 3. The molecule has 0 aromatic rings. The molecule has 26 atom stereocenters. The fraction of sp³-hybridized carbons (Fsp3) is 0.894. The minimum atomic E-state index is -1.82. The summed E-state index contributed by atoms with van der Waals surface area (Å²) in [5.41, 5.74) is -0.517. The number of carbonyl (C=O) groups is 7. The molecule has 101 heavy (non-hydrogen) atoms. The number of rotatable bonds is 40. The lowest BCUT2D eigenvalue weighted by Gasteiger charge is -2.63. The van der Waals surface area contributed by atoms with Gasteiger partial charge in [-0.1, -0.05) is 20.8 Å². The summed E-state index contributed by atoms with van der Waals surface area (Å²) in [5.74, 6) is -5.44. The molecule has 0 spiro atoms. The van der Waals surface area contributed by atoms with Crippen molar-refractivity contribution >= 4 is 41.6 Å². The van der Waals surface area contributed by atoms with E-state index in [1.54, 1.807) is 4.90 Å². The van der Waals surface area contributed by atoms with Crippen molar-refractivity contribution in [2.24, 2.45) is 46.3 Å². The van der Waals surface area contributed by atoms with Crippen molar-refractivity contribution in [1.82, 2.24) is 30.7 Å². The van der Waals surface area contributed by atoms with Gasteiger partial charge in [0.25, 0.3) is 0 Å². The van der Waals surface area contributed by atoms with Crippen molar-refractivity contribution in [2.75, 3.05) is 98.4 Å². The SMILES string of the molecule is C[C@H](CCC(=O)NCCO[C@@H]1O[C@H](CN(CCC(=O)NCCO[C@@H]2O[C@H](CN(CCC(=O)O)CCC(=O)O)[C@@H](O)[C@H](O)[C@H]2O)CCC(=O)NCCO[C@@H]2O[C@H](CN(CCC(=O)O)CCC(=O)O)[C@@H](O)[C@H](O)[C@H]2O)[C@@H](O)[C@H](O)[C@H]1O)[C@H]1CC[C@H]2[C@@H]3[C@H](O)C[C@@H]4C[C@H](O)CC[C@]4(C)[C@H]3C[C@H](O)[C@]12C. The Balaban J connectivity index is 0.910. The first-order valence-electron chi connectivity index (χ1n) is 35.6. The van der Waals surface area contributed by atoms with Crippen LogP contribution in [0.3, 0.4) is 0 Å². The van der Waals surface area contributed by atoms with Crippen molar-refractivity contribution < 1.29 is 144 Å². The highest BCUT2D eigenvalue weighted by atomic mass is 16.7. The molecule has 7 fully saturated rings. The van der Waals surface area contributed by atoms with E-state index in [0.717, 1.165) is 25.7 Å². The van der Waals surface area contributed by atoms with Crippen molar-refractivity contribution in [2.45, 2.75) is 228 Å². The van der Waals surface area contributed by atoms with Crippen LogP contribution in [0.25, 0.3) is 0 Å². The molecule has 35 heteroatoms. The third kappa shape index (κ3) is 22.5. The fourth-order valence-electron chi connectivity index (χ4n) is 16.8. The molecule has 4 saturated carbocycles. The topological polar surface area (TPSA) is 544 Å². The van der Waals surface area contributed by atoms with Gasteiger partial charge < -0.3 is 126 Å². The number of nitrogens with zero attached hydrogens (tertiary/aromatic N) is 3. The summed E-state index contributed by atoms with van der Waals surface area (Å²) in [7, 11) is 0. The molecule has 580 valence electrons. The fourth-order valence-corrected chi connectivity index (χ4v) is 16.8. The number of nitrogens with one attached hydrogen (secondary N) is 3. The van der Waals surface area contributed by atoms with Crippen LogP contribution >= 0.6 is 0 Å². The zero-order chi connectivity index (χ0) is 74.2. The van der Waals surface area contributed by atoms with Crippen LogP contribution in [0.15, 0.2) is 0 Å². The largest absolute Gasteiger partial charge is 0.481 e. The molecule has 0 aromatic carbocycles. The van der Waals surface area contributed by atoms with Gasteiger partial charge in [0.15, 0.2) is 18.9 Å². The zero-order valence-corrected chi connectivity index (χ0v) is 57.9.